The first-order chi connectivity index (χ1) is 16.9. The summed E-state index contributed by atoms with van der Waals surface area (Å²) in [6, 6.07) is 7.61. The van der Waals surface area contributed by atoms with Gasteiger partial charge in [-0.15, -0.1) is 11.8 Å². The molecule has 3 atom stereocenters. The molecule has 6 nitrogen and oxygen atoms in total. The van der Waals surface area contributed by atoms with Crippen LogP contribution in [0.3, 0.4) is 0 Å². The Kier molecular flexibility index (Phi) is 9.30. The number of thiophene rings is 1. The van der Waals surface area contributed by atoms with Crippen LogP contribution in [0.15, 0.2) is 46.1 Å². The molecule has 4 rings (SSSR count). The number of hydrogen-bond acceptors (Lipinski definition) is 7. The van der Waals surface area contributed by atoms with Crippen molar-refractivity contribution in [1.82, 2.24) is 9.88 Å². The fourth-order valence-electron chi connectivity index (χ4n) is 5.03. The third-order valence-electron chi connectivity index (χ3n) is 6.87. The average molecular weight is 534 g/mol. The van der Waals surface area contributed by atoms with Crippen molar-refractivity contribution in [3.8, 4) is 5.75 Å². The molecule has 2 aromatic heterocycles. The van der Waals surface area contributed by atoms with Crippen LogP contribution >= 0.6 is 34.7 Å². The first kappa shape index (κ1) is 26.2. The molecule has 0 amide bonds. The van der Waals surface area contributed by atoms with Crippen LogP contribution in [0, 0.1) is 11.8 Å². The summed E-state index contributed by atoms with van der Waals surface area (Å²) in [6.07, 6.45) is 4.47. The molecule has 35 heavy (non-hydrogen) atoms. The van der Waals surface area contributed by atoms with Gasteiger partial charge in [-0.2, -0.15) is 11.3 Å². The number of nitrogens with two attached hydrogens (primary N) is 1. The molecule has 3 aromatic rings. The number of carboxylic acid groups (broad SMARTS) is 1. The van der Waals surface area contributed by atoms with E-state index in [0.717, 1.165) is 66.9 Å². The van der Waals surface area contributed by atoms with E-state index in [1.165, 1.54) is 4.90 Å². The number of carboxylic acids is 1. The van der Waals surface area contributed by atoms with Crippen LogP contribution in [-0.4, -0.2) is 53.5 Å². The van der Waals surface area contributed by atoms with Crippen LogP contribution in [-0.2, 0) is 4.79 Å². The van der Waals surface area contributed by atoms with Crippen molar-refractivity contribution >= 4 is 51.6 Å². The number of benzene rings is 1. The number of aliphatic carboxylic acids is 1. The minimum atomic E-state index is -0.728. The van der Waals surface area contributed by atoms with Gasteiger partial charge in [-0.05, 0) is 72.9 Å². The molecule has 1 aliphatic rings. The van der Waals surface area contributed by atoms with Gasteiger partial charge >= 0.3 is 5.97 Å². The number of pyridine rings is 1. The number of fused-ring (bicyclic) bond motifs is 1. The van der Waals surface area contributed by atoms with Crippen molar-refractivity contribution in [3.63, 3.8) is 0 Å². The summed E-state index contributed by atoms with van der Waals surface area (Å²) in [5.74, 6) is 1.49. The lowest BCUT2D eigenvalue weighted by atomic mass is 9.79. The normalized spacial score (nSPS) is 19.6. The van der Waals surface area contributed by atoms with Crippen LogP contribution < -0.4 is 10.5 Å². The molecule has 1 saturated heterocycles. The van der Waals surface area contributed by atoms with E-state index in [0.29, 0.717) is 10.9 Å². The van der Waals surface area contributed by atoms with Gasteiger partial charge < -0.3 is 20.5 Å². The van der Waals surface area contributed by atoms with Crippen molar-refractivity contribution in [1.29, 1.82) is 0 Å². The van der Waals surface area contributed by atoms with E-state index in [4.69, 9.17) is 22.1 Å². The Bertz CT molecular complexity index is 1130. The molecule has 1 aliphatic heterocycles. The van der Waals surface area contributed by atoms with Crippen molar-refractivity contribution in [2.45, 2.75) is 36.6 Å². The van der Waals surface area contributed by atoms with Crippen molar-refractivity contribution in [2.24, 2.45) is 17.6 Å². The highest BCUT2D eigenvalue weighted by Crippen LogP contribution is 2.36. The maximum atomic E-state index is 11.6. The maximum Gasteiger partial charge on any atom is 0.303 e. The summed E-state index contributed by atoms with van der Waals surface area (Å²) in [5, 5.41) is 15.3. The standard InChI is InChI=1S/C26H32ClN3O3S2/c1-33-19-3-5-24-21(13-19)26(22(27)14-29-24)23(28)4-2-17-6-8-30(15-18(17)12-25(31)32)9-11-35-20-7-10-34-16-20/h3,5,7,10,13-14,16-18,23H,2,4,6,8-9,11-12,15,28H2,1H3,(H,31,32)/t17-,18+,23+/m1/s1. The Morgan fingerprint density at radius 2 is 2.26 bits per heavy atom. The summed E-state index contributed by atoms with van der Waals surface area (Å²) >= 11 is 10.1. The van der Waals surface area contributed by atoms with Gasteiger partial charge in [0.1, 0.15) is 5.75 Å². The molecule has 0 bridgehead atoms. The number of nitrogens with zero attached hydrogens (tertiary/aromatic N) is 2. The third-order valence-corrected chi connectivity index (χ3v) is 8.98. The second-order valence-electron chi connectivity index (χ2n) is 9.10. The largest absolute Gasteiger partial charge is 0.497 e. The molecular weight excluding hydrogens is 502 g/mol. The lowest BCUT2D eigenvalue weighted by molar-refractivity contribution is -0.139. The van der Waals surface area contributed by atoms with Gasteiger partial charge in [0.15, 0.2) is 0 Å². The lowest BCUT2D eigenvalue weighted by Crippen LogP contribution is -2.42. The van der Waals surface area contributed by atoms with Crippen molar-refractivity contribution in [3.05, 3.63) is 51.8 Å². The van der Waals surface area contributed by atoms with Crippen LogP contribution in [0.25, 0.3) is 10.9 Å². The van der Waals surface area contributed by atoms with E-state index in [2.05, 4.69) is 26.7 Å². The van der Waals surface area contributed by atoms with Crippen LogP contribution in [0.1, 0.15) is 37.3 Å². The summed E-state index contributed by atoms with van der Waals surface area (Å²) in [5.41, 5.74) is 8.39. The molecule has 3 N–H and O–H groups in total. The van der Waals surface area contributed by atoms with Gasteiger partial charge in [-0.25, -0.2) is 0 Å². The molecule has 188 valence electrons. The fourth-order valence-corrected chi connectivity index (χ4v) is 7.11. The van der Waals surface area contributed by atoms with Gasteiger partial charge in [-0.1, -0.05) is 11.6 Å². The zero-order chi connectivity index (χ0) is 24.8. The van der Waals surface area contributed by atoms with E-state index in [-0.39, 0.29) is 18.4 Å². The Morgan fingerprint density at radius 3 is 3.00 bits per heavy atom. The molecule has 0 spiro atoms. The second kappa shape index (κ2) is 12.4. The number of halogens is 1. The first-order valence-corrected chi connectivity index (χ1v) is 14.2. The summed E-state index contributed by atoms with van der Waals surface area (Å²) < 4.78 is 5.39. The summed E-state index contributed by atoms with van der Waals surface area (Å²) in [6.45, 7) is 2.80. The highest BCUT2D eigenvalue weighted by Gasteiger charge is 2.31. The van der Waals surface area contributed by atoms with Gasteiger partial charge in [0.25, 0.3) is 0 Å². The Morgan fingerprint density at radius 1 is 1.40 bits per heavy atom. The SMILES string of the molecule is COc1ccc2ncc(Cl)c([C@@H](N)CC[C@@H]3CCN(CCSc4ccsc4)C[C@@H]3CC(=O)O)c2c1. The summed E-state index contributed by atoms with van der Waals surface area (Å²) in [7, 11) is 1.63. The Balaban J connectivity index is 1.39. The zero-order valence-electron chi connectivity index (χ0n) is 19.9. The van der Waals surface area contributed by atoms with Crippen molar-refractivity contribution in [2.75, 3.05) is 32.5 Å². The second-order valence-corrected chi connectivity index (χ2v) is 11.5. The number of thioether (sulfide) groups is 1. The number of carbonyl (C=O) groups is 1. The molecule has 9 heteroatoms. The Hall–Kier alpha value is -1.84. The zero-order valence-corrected chi connectivity index (χ0v) is 22.2. The number of likely N-dealkylation sites (tertiary alicyclic amines) is 1. The third kappa shape index (κ3) is 6.89. The topological polar surface area (TPSA) is 88.7 Å². The number of ether oxygens (including phenoxy) is 1. The molecule has 0 aliphatic carbocycles. The van der Waals surface area contributed by atoms with Crippen LogP contribution in [0.5, 0.6) is 5.75 Å². The van der Waals surface area contributed by atoms with Gasteiger partial charge in [0.2, 0.25) is 0 Å². The van der Waals surface area contributed by atoms with Crippen LogP contribution in [0.2, 0.25) is 5.02 Å². The lowest BCUT2D eigenvalue weighted by Gasteiger charge is -2.38. The number of rotatable bonds is 11. The quantitative estimate of drug-likeness (QED) is 0.295. The monoisotopic (exact) mass is 533 g/mol. The first-order valence-electron chi connectivity index (χ1n) is 11.9. The van der Waals surface area contributed by atoms with E-state index in [1.54, 1.807) is 24.6 Å². The van der Waals surface area contributed by atoms with E-state index < -0.39 is 5.97 Å². The molecule has 1 aromatic carbocycles. The number of hydrogen-bond donors (Lipinski definition) is 2. The van der Waals surface area contributed by atoms with Gasteiger partial charge in [-0.3, -0.25) is 9.78 Å². The number of aromatic nitrogens is 1. The molecule has 0 radical (unpaired) electrons. The fraction of sp³-hybridized carbons (Fsp3) is 0.462. The van der Waals surface area contributed by atoms with E-state index in [9.17, 15) is 9.90 Å². The maximum absolute atomic E-state index is 11.6. The van der Waals surface area contributed by atoms with E-state index >= 15 is 0 Å². The minimum absolute atomic E-state index is 0.129. The number of piperidine rings is 1. The number of methoxy groups -OCH3 is 1. The molecule has 0 saturated carbocycles. The summed E-state index contributed by atoms with van der Waals surface area (Å²) in [4.78, 5) is 19.8. The molecule has 0 unspecified atom stereocenters. The predicted octanol–water partition coefficient (Wildman–Crippen LogP) is 5.94. The average Bonchev–Trinajstić information content (AvgIpc) is 3.36. The Labute approximate surface area is 219 Å². The molecule has 3 heterocycles. The van der Waals surface area contributed by atoms with E-state index in [1.807, 2.05) is 30.0 Å². The highest BCUT2D eigenvalue weighted by atomic mass is 35.5. The predicted molar refractivity (Wildman–Crippen MR) is 145 cm³/mol. The smallest absolute Gasteiger partial charge is 0.303 e. The van der Waals surface area contributed by atoms with Crippen LogP contribution in [0.4, 0.5) is 0 Å². The van der Waals surface area contributed by atoms with Crippen molar-refractivity contribution < 1.29 is 14.6 Å². The minimum Gasteiger partial charge on any atom is -0.497 e. The van der Waals surface area contributed by atoms with Gasteiger partial charge in [0.05, 0.1) is 17.6 Å². The molecule has 1 fully saturated rings. The highest BCUT2D eigenvalue weighted by molar-refractivity contribution is 7.99. The molecular formula is C26H32ClN3O3S2. The van der Waals surface area contributed by atoms with Gasteiger partial charge in [0, 0.05) is 53.2 Å².